The van der Waals surface area contributed by atoms with Crippen LogP contribution in [0.2, 0.25) is 0 Å². The first-order chi connectivity index (χ1) is 8.11. The van der Waals surface area contributed by atoms with E-state index in [9.17, 15) is 0 Å². The highest BCUT2D eigenvalue weighted by atomic mass is 79.9. The van der Waals surface area contributed by atoms with E-state index >= 15 is 0 Å². The van der Waals surface area contributed by atoms with Gasteiger partial charge in [0.05, 0.1) is 14.7 Å². The van der Waals surface area contributed by atoms with Crippen LogP contribution in [0.25, 0.3) is 10.8 Å². The second-order valence-corrected chi connectivity index (χ2v) is 6.29. The first-order valence-corrected chi connectivity index (χ1v) is 7.08. The molecule has 0 amide bonds. The minimum Gasteiger partial charge on any atom is -0.333 e. The minimum atomic E-state index is -0.137. The molecule has 0 bridgehead atoms. The van der Waals surface area contributed by atoms with Crippen molar-refractivity contribution in [2.24, 2.45) is 5.73 Å². The van der Waals surface area contributed by atoms with E-state index in [1.54, 1.807) is 11.3 Å². The second kappa shape index (κ2) is 5.29. The molecule has 2 aromatic rings. The zero-order valence-electron chi connectivity index (χ0n) is 9.74. The van der Waals surface area contributed by atoms with Crippen LogP contribution in [-0.2, 0) is 0 Å². The van der Waals surface area contributed by atoms with Gasteiger partial charge in [0.15, 0.2) is 5.82 Å². The molecule has 17 heavy (non-hydrogen) atoms. The Hall–Kier alpha value is -0.720. The molecular weight excluding hydrogens is 302 g/mol. The molecule has 2 heterocycles. The normalized spacial score (nSPS) is 12.9. The standard InChI is InChI=1S/C11H14BrN3OS/c1-3-4-7(13)10-14-11(16-15-10)8-5-6(2)9(12)17-8/h5,7H,3-4,13H2,1-2H3. The van der Waals surface area contributed by atoms with Crippen molar-refractivity contribution in [2.75, 3.05) is 0 Å². The van der Waals surface area contributed by atoms with E-state index < -0.39 is 0 Å². The number of thiophene rings is 1. The zero-order valence-corrected chi connectivity index (χ0v) is 12.1. The fourth-order valence-electron chi connectivity index (χ4n) is 1.49. The molecule has 0 aliphatic heterocycles. The summed E-state index contributed by atoms with van der Waals surface area (Å²) in [6, 6.07) is 1.89. The van der Waals surface area contributed by atoms with Crippen molar-refractivity contribution in [1.82, 2.24) is 10.1 Å². The summed E-state index contributed by atoms with van der Waals surface area (Å²) in [6.45, 7) is 4.12. The molecular formula is C11H14BrN3OS. The fourth-order valence-corrected chi connectivity index (χ4v) is 2.95. The maximum Gasteiger partial charge on any atom is 0.268 e. The van der Waals surface area contributed by atoms with E-state index in [0.717, 1.165) is 21.5 Å². The third kappa shape index (κ3) is 2.75. The van der Waals surface area contributed by atoms with Gasteiger partial charge in [0.1, 0.15) is 0 Å². The molecule has 0 aliphatic carbocycles. The molecule has 2 aromatic heterocycles. The number of nitrogens with zero attached hydrogens (tertiary/aromatic N) is 2. The van der Waals surface area contributed by atoms with Crippen molar-refractivity contribution in [3.63, 3.8) is 0 Å². The first kappa shape index (κ1) is 12.7. The SMILES string of the molecule is CCCC(N)c1noc(-c2cc(C)c(Br)s2)n1. The zero-order chi connectivity index (χ0) is 12.4. The predicted molar refractivity (Wildman–Crippen MR) is 71.9 cm³/mol. The molecule has 6 heteroatoms. The predicted octanol–water partition coefficient (Wildman–Crippen LogP) is 3.67. The Bertz CT molecular complexity index is 489. The summed E-state index contributed by atoms with van der Waals surface area (Å²) in [7, 11) is 0. The fraction of sp³-hybridized carbons (Fsp3) is 0.455. The van der Waals surface area contributed by atoms with E-state index in [2.05, 4.69) is 33.0 Å². The minimum absolute atomic E-state index is 0.137. The molecule has 0 saturated carbocycles. The topological polar surface area (TPSA) is 64.9 Å². The van der Waals surface area contributed by atoms with Gasteiger partial charge in [0.2, 0.25) is 0 Å². The Morgan fingerprint density at radius 2 is 2.35 bits per heavy atom. The van der Waals surface area contributed by atoms with E-state index in [-0.39, 0.29) is 6.04 Å². The number of hydrogen-bond acceptors (Lipinski definition) is 5. The van der Waals surface area contributed by atoms with Gasteiger partial charge in [0.25, 0.3) is 5.89 Å². The Morgan fingerprint density at radius 1 is 1.59 bits per heavy atom. The van der Waals surface area contributed by atoms with E-state index in [4.69, 9.17) is 10.3 Å². The van der Waals surface area contributed by atoms with Gasteiger partial charge in [-0.15, -0.1) is 11.3 Å². The van der Waals surface area contributed by atoms with E-state index in [0.29, 0.717) is 11.7 Å². The highest BCUT2D eigenvalue weighted by Gasteiger charge is 2.16. The van der Waals surface area contributed by atoms with E-state index in [1.807, 2.05) is 13.0 Å². The summed E-state index contributed by atoms with van der Waals surface area (Å²) in [4.78, 5) is 5.31. The van der Waals surface area contributed by atoms with Gasteiger partial charge in [-0.25, -0.2) is 0 Å². The molecule has 4 nitrogen and oxygen atoms in total. The second-order valence-electron chi connectivity index (χ2n) is 3.92. The lowest BCUT2D eigenvalue weighted by Gasteiger charge is -2.02. The number of aryl methyl sites for hydroxylation is 1. The van der Waals surface area contributed by atoms with Crippen molar-refractivity contribution in [2.45, 2.75) is 32.7 Å². The largest absolute Gasteiger partial charge is 0.333 e. The number of rotatable bonds is 4. The molecule has 0 radical (unpaired) electrons. The lowest BCUT2D eigenvalue weighted by atomic mass is 10.2. The summed E-state index contributed by atoms with van der Waals surface area (Å²) >= 11 is 5.06. The van der Waals surface area contributed by atoms with Gasteiger partial charge in [-0.2, -0.15) is 4.98 Å². The third-order valence-electron chi connectivity index (χ3n) is 2.44. The molecule has 1 atom stereocenters. The Labute approximate surface area is 112 Å². The summed E-state index contributed by atoms with van der Waals surface area (Å²) in [6.07, 6.45) is 1.88. The van der Waals surface area contributed by atoms with Crippen LogP contribution in [0.1, 0.15) is 37.2 Å². The van der Waals surface area contributed by atoms with Gasteiger partial charge < -0.3 is 10.3 Å². The molecule has 0 aromatic carbocycles. The summed E-state index contributed by atoms with van der Waals surface area (Å²) in [5, 5.41) is 3.93. The summed E-state index contributed by atoms with van der Waals surface area (Å²) < 4.78 is 6.32. The molecule has 0 saturated heterocycles. The van der Waals surface area contributed by atoms with Gasteiger partial charge in [0, 0.05) is 0 Å². The molecule has 2 N–H and O–H groups in total. The van der Waals surface area contributed by atoms with Crippen molar-refractivity contribution in [3.05, 3.63) is 21.2 Å². The van der Waals surface area contributed by atoms with E-state index in [1.165, 1.54) is 5.56 Å². The Kier molecular flexibility index (Phi) is 3.96. The number of aromatic nitrogens is 2. The Balaban J connectivity index is 2.23. The third-order valence-corrected chi connectivity index (χ3v) is 4.57. The molecule has 1 unspecified atom stereocenters. The van der Waals surface area contributed by atoms with Crippen molar-refractivity contribution >= 4 is 27.3 Å². The molecule has 2 rings (SSSR count). The highest BCUT2D eigenvalue weighted by Crippen LogP contribution is 2.34. The van der Waals surface area contributed by atoms with Crippen LogP contribution in [0.15, 0.2) is 14.4 Å². The van der Waals surface area contributed by atoms with Gasteiger partial charge >= 0.3 is 0 Å². The van der Waals surface area contributed by atoms with Crippen LogP contribution < -0.4 is 5.73 Å². The van der Waals surface area contributed by atoms with Crippen LogP contribution in [0.3, 0.4) is 0 Å². The monoisotopic (exact) mass is 315 g/mol. The highest BCUT2D eigenvalue weighted by molar-refractivity contribution is 9.11. The van der Waals surface area contributed by atoms with Crippen LogP contribution >= 0.6 is 27.3 Å². The van der Waals surface area contributed by atoms with Crippen LogP contribution in [-0.4, -0.2) is 10.1 Å². The van der Waals surface area contributed by atoms with Gasteiger partial charge in [-0.1, -0.05) is 18.5 Å². The van der Waals surface area contributed by atoms with Crippen LogP contribution in [0, 0.1) is 6.92 Å². The number of hydrogen-bond donors (Lipinski definition) is 1. The maximum atomic E-state index is 5.94. The van der Waals surface area contributed by atoms with Crippen molar-refractivity contribution in [3.8, 4) is 10.8 Å². The van der Waals surface area contributed by atoms with Crippen LogP contribution in [0.5, 0.6) is 0 Å². The summed E-state index contributed by atoms with van der Waals surface area (Å²) in [5.74, 6) is 1.13. The summed E-state index contributed by atoms with van der Waals surface area (Å²) in [5.41, 5.74) is 7.11. The average molecular weight is 316 g/mol. The quantitative estimate of drug-likeness (QED) is 0.934. The maximum absolute atomic E-state index is 5.94. The smallest absolute Gasteiger partial charge is 0.268 e. The average Bonchev–Trinajstić information content (AvgIpc) is 2.87. The molecule has 0 aliphatic rings. The van der Waals surface area contributed by atoms with Gasteiger partial charge in [-0.3, -0.25) is 0 Å². The van der Waals surface area contributed by atoms with Crippen LogP contribution in [0.4, 0.5) is 0 Å². The lowest BCUT2D eigenvalue weighted by molar-refractivity contribution is 0.414. The Morgan fingerprint density at radius 3 is 2.94 bits per heavy atom. The van der Waals surface area contributed by atoms with Crippen molar-refractivity contribution < 1.29 is 4.52 Å². The lowest BCUT2D eigenvalue weighted by Crippen LogP contribution is -2.11. The molecule has 0 fully saturated rings. The first-order valence-electron chi connectivity index (χ1n) is 5.47. The number of halogens is 1. The van der Waals surface area contributed by atoms with Gasteiger partial charge in [-0.05, 0) is 40.9 Å². The molecule has 92 valence electrons. The van der Waals surface area contributed by atoms with Crippen molar-refractivity contribution in [1.29, 1.82) is 0 Å². The number of nitrogens with two attached hydrogens (primary N) is 1. The molecule has 0 spiro atoms.